The first-order valence-corrected chi connectivity index (χ1v) is 7.46. The number of carbonyl (C=O) groups excluding carboxylic acids is 1. The van der Waals surface area contributed by atoms with Crippen molar-refractivity contribution in [3.8, 4) is 0 Å². The number of hydrogen-bond donors (Lipinski definition) is 1. The highest BCUT2D eigenvalue weighted by Gasteiger charge is 2.18. The average molecular weight is 306 g/mol. The summed E-state index contributed by atoms with van der Waals surface area (Å²) in [6, 6.07) is 13.6. The van der Waals surface area contributed by atoms with E-state index in [1.807, 2.05) is 30.3 Å². The van der Waals surface area contributed by atoms with Gasteiger partial charge in [-0.15, -0.1) is 0 Å². The van der Waals surface area contributed by atoms with E-state index < -0.39 is 0 Å². The lowest BCUT2D eigenvalue weighted by molar-refractivity contribution is 0.0723. The number of benzene rings is 1. The zero-order valence-corrected chi connectivity index (χ0v) is 12.9. The van der Waals surface area contributed by atoms with Crippen LogP contribution in [0, 0.1) is 6.92 Å². The number of pyridine rings is 1. The van der Waals surface area contributed by atoms with Crippen molar-refractivity contribution >= 4 is 5.91 Å². The number of H-pyrrole nitrogens is 1. The zero-order valence-electron chi connectivity index (χ0n) is 12.9. The van der Waals surface area contributed by atoms with Crippen LogP contribution in [0.2, 0.25) is 0 Å². The fraction of sp³-hybridized carbons (Fsp3) is 0.167. The summed E-state index contributed by atoms with van der Waals surface area (Å²) in [6.45, 7) is 3.09. The molecule has 5 heteroatoms. The van der Waals surface area contributed by atoms with Gasteiger partial charge in [-0.05, 0) is 35.7 Å². The van der Waals surface area contributed by atoms with Crippen LogP contribution in [-0.4, -0.2) is 26.0 Å². The van der Waals surface area contributed by atoms with Crippen molar-refractivity contribution in [2.24, 2.45) is 0 Å². The molecule has 0 atom stereocenters. The Bertz CT molecular complexity index is 769. The standard InChI is InChI=1S/C18H18N4O/c1-14-5-2-3-7-16(14)13-22(12-15-6-4-9-19-11-15)18(23)17-8-10-20-21-17/h2-11H,12-13H2,1H3,(H,20,21). The van der Waals surface area contributed by atoms with Crippen molar-refractivity contribution in [2.75, 3.05) is 0 Å². The highest BCUT2D eigenvalue weighted by Crippen LogP contribution is 2.15. The molecule has 3 rings (SSSR count). The van der Waals surface area contributed by atoms with Gasteiger partial charge in [0.25, 0.3) is 5.91 Å². The molecule has 23 heavy (non-hydrogen) atoms. The van der Waals surface area contributed by atoms with Gasteiger partial charge >= 0.3 is 0 Å². The van der Waals surface area contributed by atoms with Gasteiger partial charge in [0.1, 0.15) is 5.69 Å². The summed E-state index contributed by atoms with van der Waals surface area (Å²) in [5, 5.41) is 6.62. The number of nitrogens with zero attached hydrogens (tertiary/aromatic N) is 3. The first kappa shape index (κ1) is 15.0. The van der Waals surface area contributed by atoms with Crippen molar-refractivity contribution in [1.82, 2.24) is 20.1 Å². The highest BCUT2D eigenvalue weighted by atomic mass is 16.2. The third kappa shape index (κ3) is 3.63. The number of amides is 1. The molecule has 0 unspecified atom stereocenters. The van der Waals surface area contributed by atoms with Gasteiger partial charge in [-0.2, -0.15) is 5.10 Å². The predicted molar refractivity (Wildman–Crippen MR) is 87.6 cm³/mol. The first-order valence-electron chi connectivity index (χ1n) is 7.46. The van der Waals surface area contributed by atoms with Crippen molar-refractivity contribution in [3.63, 3.8) is 0 Å². The van der Waals surface area contributed by atoms with Crippen LogP contribution in [0.4, 0.5) is 0 Å². The van der Waals surface area contributed by atoms with Gasteiger partial charge in [-0.3, -0.25) is 14.9 Å². The monoisotopic (exact) mass is 306 g/mol. The van der Waals surface area contributed by atoms with Crippen molar-refractivity contribution in [3.05, 3.63) is 83.4 Å². The van der Waals surface area contributed by atoms with E-state index in [9.17, 15) is 4.79 Å². The van der Waals surface area contributed by atoms with Crippen LogP contribution in [0.5, 0.6) is 0 Å². The largest absolute Gasteiger partial charge is 0.329 e. The Morgan fingerprint density at radius 3 is 2.65 bits per heavy atom. The van der Waals surface area contributed by atoms with Crippen LogP contribution in [0.1, 0.15) is 27.2 Å². The Morgan fingerprint density at radius 2 is 1.96 bits per heavy atom. The molecule has 0 spiro atoms. The Hall–Kier alpha value is -2.95. The molecule has 0 saturated carbocycles. The molecule has 0 aliphatic rings. The summed E-state index contributed by atoms with van der Waals surface area (Å²) in [4.78, 5) is 18.7. The van der Waals surface area contributed by atoms with E-state index in [4.69, 9.17) is 0 Å². The second-order valence-corrected chi connectivity index (χ2v) is 5.42. The van der Waals surface area contributed by atoms with Gasteiger partial charge in [-0.1, -0.05) is 30.3 Å². The molecule has 0 saturated heterocycles. The molecule has 1 N–H and O–H groups in total. The summed E-state index contributed by atoms with van der Waals surface area (Å²) in [6.07, 6.45) is 5.10. The maximum absolute atomic E-state index is 12.8. The summed E-state index contributed by atoms with van der Waals surface area (Å²) >= 11 is 0. The van der Waals surface area contributed by atoms with Crippen LogP contribution in [-0.2, 0) is 13.1 Å². The predicted octanol–water partition coefficient (Wildman–Crippen LogP) is 2.96. The normalized spacial score (nSPS) is 10.5. The van der Waals surface area contributed by atoms with E-state index in [2.05, 4.69) is 28.2 Å². The molecule has 116 valence electrons. The fourth-order valence-electron chi connectivity index (χ4n) is 2.45. The number of aromatic amines is 1. The lowest BCUT2D eigenvalue weighted by Crippen LogP contribution is -2.30. The van der Waals surface area contributed by atoms with E-state index in [-0.39, 0.29) is 5.91 Å². The summed E-state index contributed by atoms with van der Waals surface area (Å²) in [5.41, 5.74) is 3.78. The molecular formula is C18H18N4O. The van der Waals surface area contributed by atoms with Crippen LogP contribution < -0.4 is 0 Å². The number of aryl methyl sites for hydroxylation is 1. The third-order valence-electron chi connectivity index (χ3n) is 3.74. The number of nitrogens with one attached hydrogen (secondary N) is 1. The van der Waals surface area contributed by atoms with E-state index in [1.165, 1.54) is 5.56 Å². The smallest absolute Gasteiger partial charge is 0.272 e. The molecule has 1 aromatic carbocycles. The van der Waals surface area contributed by atoms with Crippen molar-refractivity contribution in [1.29, 1.82) is 0 Å². The number of aromatic nitrogens is 3. The minimum Gasteiger partial charge on any atom is -0.329 e. The Kier molecular flexibility index (Phi) is 4.47. The molecule has 0 radical (unpaired) electrons. The molecule has 0 aliphatic heterocycles. The van der Waals surface area contributed by atoms with Crippen LogP contribution >= 0.6 is 0 Å². The third-order valence-corrected chi connectivity index (χ3v) is 3.74. The summed E-state index contributed by atoms with van der Waals surface area (Å²) in [5.74, 6) is -0.0744. The lowest BCUT2D eigenvalue weighted by Gasteiger charge is -2.23. The van der Waals surface area contributed by atoms with E-state index in [0.717, 1.165) is 11.1 Å². The molecule has 0 bridgehead atoms. The topological polar surface area (TPSA) is 61.9 Å². The van der Waals surface area contributed by atoms with Crippen LogP contribution in [0.15, 0.2) is 61.1 Å². The molecule has 3 aromatic rings. The molecular weight excluding hydrogens is 288 g/mol. The van der Waals surface area contributed by atoms with Crippen LogP contribution in [0.25, 0.3) is 0 Å². The lowest BCUT2D eigenvalue weighted by atomic mass is 10.1. The number of carbonyl (C=O) groups is 1. The minimum atomic E-state index is -0.0744. The van der Waals surface area contributed by atoms with Crippen molar-refractivity contribution < 1.29 is 4.79 Å². The van der Waals surface area contributed by atoms with Crippen molar-refractivity contribution in [2.45, 2.75) is 20.0 Å². The molecule has 0 fully saturated rings. The maximum atomic E-state index is 12.8. The Labute approximate surface area is 135 Å². The summed E-state index contributed by atoms with van der Waals surface area (Å²) in [7, 11) is 0. The molecule has 0 aliphatic carbocycles. The Balaban J connectivity index is 1.87. The molecule has 2 heterocycles. The SMILES string of the molecule is Cc1ccccc1CN(Cc1cccnc1)C(=O)c1ccn[nH]1. The molecule has 1 amide bonds. The van der Waals surface area contributed by atoms with Gasteiger partial charge < -0.3 is 4.90 Å². The van der Waals surface area contributed by atoms with Gasteiger partial charge in [-0.25, -0.2) is 0 Å². The number of rotatable bonds is 5. The van der Waals surface area contributed by atoms with E-state index in [1.54, 1.807) is 29.6 Å². The summed E-state index contributed by atoms with van der Waals surface area (Å²) < 4.78 is 0. The second kappa shape index (κ2) is 6.87. The van der Waals surface area contributed by atoms with Gasteiger partial charge in [0.15, 0.2) is 0 Å². The maximum Gasteiger partial charge on any atom is 0.272 e. The average Bonchev–Trinajstić information content (AvgIpc) is 3.11. The first-order chi connectivity index (χ1) is 11.2. The van der Waals surface area contributed by atoms with Gasteiger partial charge in [0.05, 0.1) is 0 Å². The zero-order chi connectivity index (χ0) is 16.1. The quantitative estimate of drug-likeness (QED) is 0.788. The highest BCUT2D eigenvalue weighted by molar-refractivity contribution is 5.92. The van der Waals surface area contributed by atoms with E-state index >= 15 is 0 Å². The molecule has 2 aromatic heterocycles. The Morgan fingerprint density at radius 1 is 1.09 bits per heavy atom. The van der Waals surface area contributed by atoms with Gasteiger partial charge in [0.2, 0.25) is 0 Å². The van der Waals surface area contributed by atoms with Gasteiger partial charge in [0, 0.05) is 31.7 Å². The van der Waals surface area contributed by atoms with Crippen LogP contribution in [0.3, 0.4) is 0 Å². The molecule has 5 nitrogen and oxygen atoms in total. The minimum absolute atomic E-state index is 0.0744. The van der Waals surface area contributed by atoms with E-state index in [0.29, 0.717) is 18.8 Å². The number of hydrogen-bond acceptors (Lipinski definition) is 3. The second-order valence-electron chi connectivity index (χ2n) is 5.42. The fourth-order valence-corrected chi connectivity index (χ4v) is 2.45.